The number of carbonyl (C=O) groups is 1. The van der Waals surface area contributed by atoms with Crippen LogP contribution < -0.4 is 4.72 Å². The van der Waals surface area contributed by atoms with E-state index in [1.165, 1.54) is 38.2 Å². The molecule has 8 heteroatoms. The highest BCUT2D eigenvalue weighted by atomic mass is 35.5. The number of hydrogen-bond donors (Lipinski definition) is 1. The fourth-order valence-corrected chi connectivity index (χ4v) is 5.06. The molecule has 24 heavy (non-hydrogen) atoms. The molecule has 0 spiro atoms. The summed E-state index contributed by atoms with van der Waals surface area (Å²) in [5, 5.41) is 0.0836. The first-order chi connectivity index (χ1) is 11.3. The number of methoxy groups -OCH3 is 1. The number of nitrogens with one attached hydrogen (secondary N) is 1. The van der Waals surface area contributed by atoms with E-state index in [4.69, 9.17) is 11.6 Å². The molecule has 0 radical (unpaired) electrons. The zero-order valence-corrected chi connectivity index (χ0v) is 15.2. The third kappa shape index (κ3) is 3.59. The minimum Gasteiger partial charge on any atom is -0.465 e. The number of benzene rings is 1. The number of ether oxygens (including phenoxy) is 1. The van der Waals surface area contributed by atoms with Crippen LogP contribution in [-0.4, -0.2) is 51.1 Å². The normalized spacial score (nSPS) is 25.0. The molecular formula is C16H21ClN2O4S. The van der Waals surface area contributed by atoms with Gasteiger partial charge in [-0.05, 0) is 44.4 Å². The SMILES string of the molecule is COC(=O)c1ccc(Cl)c(S(=O)(=O)N[C@H]2C[C@@H](C)N(C3CC3)C2)c1. The molecule has 1 aliphatic heterocycles. The maximum absolute atomic E-state index is 12.7. The summed E-state index contributed by atoms with van der Waals surface area (Å²) in [7, 11) is -2.56. The Balaban J connectivity index is 1.79. The number of halogens is 1. The average molecular weight is 373 g/mol. The van der Waals surface area contributed by atoms with Crippen molar-refractivity contribution in [1.82, 2.24) is 9.62 Å². The van der Waals surface area contributed by atoms with Crippen LogP contribution in [0.15, 0.2) is 23.1 Å². The molecule has 0 bridgehead atoms. The van der Waals surface area contributed by atoms with Crippen LogP contribution in [0, 0.1) is 0 Å². The molecule has 1 saturated carbocycles. The van der Waals surface area contributed by atoms with Gasteiger partial charge in [0.1, 0.15) is 4.90 Å². The van der Waals surface area contributed by atoms with Crippen LogP contribution in [0.1, 0.15) is 36.5 Å². The fourth-order valence-electron chi connectivity index (χ4n) is 3.29. The van der Waals surface area contributed by atoms with Crippen molar-refractivity contribution in [2.45, 2.75) is 49.2 Å². The third-order valence-electron chi connectivity index (χ3n) is 4.60. The summed E-state index contributed by atoms with van der Waals surface area (Å²) >= 11 is 6.05. The van der Waals surface area contributed by atoms with Gasteiger partial charge in [-0.25, -0.2) is 17.9 Å². The molecule has 2 atom stereocenters. The van der Waals surface area contributed by atoms with Crippen LogP contribution in [-0.2, 0) is 14.8 Å². The van der Waals surface area contributed by atoms with E-state index in [9.17, 15) is 13.2 Å². The van der Waals surface area contributed by atoms with Crippen molar-refractivity contribution < 1.29 is 17.9 Å². The Bertz CT molecular complexity index is 748. The standard InChI is InChI=1S/C16H21ClN2O4S/c1-10-7-12(9-19(10)13-4-5-13)18-24(21,22)15-8-11(16(20)23-2)3-6-14(15)17/h3,6,8,10,12-13,18H,4-5,7,9H2,1-2H3/t10-,12+/m1/s1. The van der Waals surface area contributed by atoms with Gasteiger partial charge >= 0.3 is 5.97 Å². The Morgan fingerprint density at radius 3 is 2.71 bits per heavy atom. The number of likely N-dealkylation sites (tertiary alicyclic amines) is 1. The van der Waals surface area contributed by atoms with Crippen molar-refractivity contribution in [2.75, 3.05) is 13.7 Å². The molecule has 0 aromatic heterocycles. The van der Waals surface area contributed by atoms with Crippen molar-refractivity contribution in [3.63, 3.8) is 0 Å². The van der Waals surface area contributed by atoms with E-state index in [0.29, 0.717) is 18.6 Å². The van der Waals surface area contributed by atoms with Crippen LogP contribution in [0.4, 0.5) is 0 Å². The summed E-state index contributed by atoms with van der Waals surface area (Å²) in [4.78, 5) is 13.9. The van der Waals surface area contributed by atoms with Gasteiger partial charge < -0.3 is 4.74 Å². The van der Waals surface area contributed by atoms with E-state index in [0.717, 1.165) is 6.42 Å². The molecule has 0 amide bonds. The van der Waals surface area contributed by atoms with Crippen molar-refractivity contribution in [3.05, 3.63) is 28.8 Å². The van der Waals surface area contributed by atoms with E-state index in [-0.39, 0.29) is 21.5 Å². The first-order valence-electron chi connectivity index (χ1n) is 7.97. The van der Waals surface area contributed by atoms with Crippen LogP contribution in [0.25, 0.3) is 0 Å². The van der Waals surface area contributed by atoms with Gasteiger partial charge in [0, 0.05) is 24.7 Å². The van der Waals surface area contributed by atoms with E-state index in [2.05, 4.69) is 21.3 Å². The maximum atomic E-state index is 12.7. The van der Waals surface area contributed by atoms with Gasteiger partial charge in [-0.3, -0.25) is 4.90 Å². The minimum atomic E-state index is -3.81. The summed E-state index contributed by atoms with van der Waals surface area (Å²) in [6.07, 6.45) is 3.15. The molecule has 1 saturated heterocycles. The van der Waals surface area contributed by atoms with Gasteiger partial charge in [0.05, 0.1) is 17.7 Å². The minimum absolute atomic E-state index is 0.0836. The van der Waals surface area contributed by atoms with E-state index >= 15 is 0 Å². The lowest BCUT2D eigenvalue weighted by Crippen LogP contribution is -2.37. The highest BCUT2D eigenvalue weighted by Gasteiger charge is 2.40. The van der Waals surface area contributed by atoms with Crippen LogP contribution in [0.5, 0.6) is 0 Å². The second kappa shape index (κ2) is 6.63. The number of rotatable bonds is 5. The zero-order chi connectivity index (χ0) is 17.5. The quantitative estimate of drug-likeness (QED) is 0.800. The molecule has 132 valence electrons. The van der Waals surface area contributed by atoms with Gasteiger partial charge in [-0.1, -0.05) is 11.6 Å². The van der Waals surface area contributed by atoms with Crippen molar-refractivity contribution in [3.8, 4) is 0 Å². The molecule has 6 nitrogen and oxygen atoms in total. The lowest BCUT2D eigenvalue weighted by atomic mass is 10.2. The molecule has 1 heterocycles. The zero-order valence-electron chi connectivity index (χ0n) is 13.7. The van der Waals surface area contributed by atoms with Crippen molar-refractivity contribution >= 4 is 27.6 Å². The van der Waals surface area contributed by atoms with Gasteiger partial charge in [0.2, 0.25) is 10.0 Å². The number of hydrogen-bond acceptors (Lipinski definition) is 5. The number of sulfonamides is 1. The molecule has 1 N–H and O–H groups in total. The summed E-state index contributed by atoms with van der Waals surface area (Å²) in [6, 6.07) is 4.91. The molecule has 0 unspecified atom stereocenters. The fraction of sp³-hybridized carbons (Fsp3) is 0.562. The van der Waals surface area contributed by atoms with Crippen LogP contribution in [0.2, 0.25) is 5.02 Å². The van der Waals surface area contributed by atoms with Crippen molar-refractivity contribution in [2.24, 2.45) is 0 Å². The molecule has 2 fully saturated rings. The Kier molecular flexibility index (Phi) is 4.88. The monoisotopic (exact) mass is 372 g/mol. The Morgan fingerprint density at radius 2 is 2.08 bits per heavy atom. The number of esters is 1. The number of nitrogens with zero attached hydrogens (tertiary/aromatic N) is 1. The van der Waals surface area contributed by atoms with Crippen molar-refractivity contribution in [1.29, 1.82) is 0 Å². The molecule has 2 aliphatic rings. The Hall–Kier alpha value is -1.15. The van der Waals surface area contributed by atoms with E-state index in [1.54, 1.807) is 0 Å². The predicted octanol–water partition coefficient (Wildman–Crippen LogP) is 2.03. The predicted molar refractivity (Wildman–Crippen MR) is 90.7 cm³/mol. The first kappa shape index (κ1) is 17.7. The third-order valence-corrected chi connectivity index (χ3v) is 6.60. The second-order valence-corrected chi connectivity index (χ2v) is 8.56. The summed E-state index contributed by atoms with van der Waals surface area (Å²) in [5.74, 6) is -0.600. The Labute approximate surface area is 147 Å². The smallest absolute Gasteiger partial charge is 0.337 e. The van der Waals surface area contributed by atoms with Gasteiger partial charge in [0.25, 0.3) is 0 Å². The van der Waals surface area contributed by atoms with Crippen LogP contribution >= 0.6 is 11.6 Å². The highest BCUT2D eigenvalue weighted by molar-refractivity contribution is 7.89. The first-order valence-corrected chi connectivity index (χ1v) is 9.84. The number of carbonyl (C=O) groups excluding carboxylic acids is 1. The summed E-state index contributed by atoms with van der Waals surface area (Å²) in [5.41, 5.74) is 0.154. The summed E-state index contributed by atoms with van der Waals surface area (Å²) < 4.78 is 32.8. The molecule has 1 aromatic carbocycles. The largest absolute Gasteiger partial charge is 0.465 e. The lowest BCUT2D eigenvalue weighted by Gasteiger charge is -2.19. The van der Waals surface area contributed by atoms with Gasteiger partial charge in [-0.2, -0.15) is 0 Å². The summed E-state index contributed by atoms with van der Waals surface area (Å²) in [6.45, 7) is 2.83. The maximum Gasteiger partial charge on any atom is 0.337 e. The Morgan fingerprint density at radius 1 is 1.38 bits per heavy atom. The van der Waals surface area contributed by atoms with E-state index < -0.39 is 16.0 Å². The second-order valence-electron chi connectivity index (χ2n) is 6.47. The van der Waals surface area contributed by atoms with Gasteiger partial charge in [0.15, 0.2) is 0 Å². The highest BCUT2D eigenvalue weighted by Crippen LogP contribution is 2.34. The molecule has 3 rings (SSSR count). The van der Waals surface area contributed by atoms with Gasteiger partial charge in [-0.15, -0.1) is 0 Å². The average Bonchev–Trinajstić information content (AvgIpc) is 3.30. The van der Waals surface area contributed by atoms with Crippen LogP contribution in [0.3, 0.4) is 0 Å². The lowest BCUT2D eigenvalue weighted by molar-refractivity contribution is 0.0600. The molecule has 1 aromatic rings. The molecular weight excluding hydrogens is 352 g/mol. The topological polar surface area (TPSA) is 75.7 Å². The van der Waals surface area contributed by atoms with E-state index in [1.807, 2.05) is 0 Å². The molecule has 1 aliphatic carbocycles.